The molecule has 0 saturated carbocycles. The van der Waals surface area contributed by atoms with Gasteiger partial charge in [-0.15, -0.1) is 0 Å². The molecule has 0 saturated heterocycles. The van der Waals surface area contributed by atoms with E-state index in [-0.39, 0.29) is 17.7 Å². The molecule has 1 heterocycles. The smallest absolute Gasteiger partial charge is 0.251 e. The number of benzene rings is 1. The van der Waals surface area contributed by atoms with E-state index in [0.29, 0.717) is 12.1 Å². The molecule has 2 aromatic rings. The molecule has 122 valence electrons. The number of nitrogens with one attached hydrogen (secondary N) is 1. The van der Waals surface area contributed by atoms with Crippen molar-refractivity contribution in [1.29, 1.82) is 0 Å². The predicted molar refractivity (Wildman–Crippen MR) is 93.3 cm³/mol. The van der Waals surface area contributed by atoms with Crippen LogP contribution in [0, 0.1) is 5.92 Å². The van der Waals surface area contributed by atoms with Crippen molar-refractivity contribution < 1.29 is 9.59 Å². The fourth-order valence-corrected chi connectivity index (χ4v) is 2.96. The third-order valence-electron chi connectivity index (χ3n) is 3.63. The number of thiophene rings is 1. The summed E-state index contributed by atoms with van der Waals surface area (Å²) < 4.78 is 0. The van der Waals surface area contributed by atoms with Crippen LogP contribution in [0.1, 0.15) is 29.8 Å². The first kappa shape index (κ1) is 17.2. The number of nitrogens with zero attached hydrogens (tertiary/aromatic N) is 1. The summed E-state index contributed by atoms with van der Waals surface area (Å²) >= 11 is 1.61. The summed E-state index contributed by atoms with van der Waals surface area (Å²) in [7, 11) is 1.77. The summed E-state index contributed by atoms with van der Waals surface area (Å²) in [4.78, 5) is 26.7. The summed E-state index contributed by atoms with van der Waals surface area (Å²) in [5, 5.41) is 6.88. The van der Waals surface area contributed by atoms with Gasteiger partial charge in [-0.25, -0.2) is 0 Å². The van der Waals surface area contributed by atoms with Gasteiger partial charge in [0.1, 0.15) is 6.04 Å². The molecule has 2 amide bonds. The van der Waals surface area contributed by atoms with Gasteiger partial charge in [0.05, 0.1) is 0 Å². The minimum absolute atomic E-state index is 0.0140. The van der Waals surface area contributed by atoms with E-state index in [1.807, 2.05) is 48.9 Å². The maximum Gasteiger partial charge on any atom is 0.251 e. The van der Waals surface area contributed by atoms with Gasteiger partial charge in [-0.05, 0) is 40.4 Å². The maximum atomic E-state index is 12.7. The van der Waals surface area contributed by atoms with Crippen molar-refractivity contribution in [2.75, 3.05) is 7.05 Å². The standard InChI is InChI=1S/C18H22N2O2S/c1-13(2)16(19-17(21)15-7-5-4-6-8-15)18(22)20(3)11-14-9-10-23-12-14/h4-10,12-13,16H,11H2,1-3H3,(H,19,21). The first-order valence-corrected chi connectivity index (χ1v) is 8.55. The molecule has 0 aliphatic carbocycles. The van der Waals surface area contributed by atoms with E-state index in [0.717, 1.165) is 5.56 Å². The minimum Gasteiger partial charge on any atom is -0.340 e. The van der Waals surface area contributed by atoms with Crippen LogP contribution in [0.4, 0.5) is 0 Å². The van der Waals surface area contributed by atoms with E-state index in [1.165, 1.54) is 0 Å². The molecule has 1 aromatic carbocycles. The van der Waals surface area contributed by atoms with Crippen molar-refractivity contribution in [2.45, 2.75) is 26.4 Å². The van der Waals surface area contributed by atoms with Gasteiger partial charge in [0, 0.05) is 19.2 Å². The van der Waals surface area contributed by atoms with Gasteiger partial charge in [0.2, 0.25) is 5.91 Å². The Morgan fingerprint density at radius 3 is 2.43 bits per heavy atom. The lowest BCUT2D eigenvalue weighted by Crippen LogP contribution is -2.50. The summed E-state index contributed by atoms with van der Waals surface area (Å²) in [6, 6.07) is 10.4. The zero-order valence-corrected chi connectivity index (χ0v) is 14.5. The quantitative estimate of drug-likeness (QED) is 0.884. The van der Waals surface area contributed by atoms with E-state index in [1.54, 1.807) is 35.4 Å². The lowest BCUT2D eigenvalue weighted by atomic mass is 10.0. The van der Waals surface area contributed by atoms with E-state index >= 15 is 0 Å². The zero-order valence-electron chi connectivity index (χ0n) is 13.7. The van der Waals surface area contributed by atoms with E-state index in [2.05, 4.69) is 5.32 Å². The van der Waals surface area contributed by atoms with Crippen LogP contribution in [0.5, 0.6) is 0 Å². The zero-order chi connectivity index (χ0) is 16.8. The lowest BCUT2D eigenvalue weighted by Gasteiger charge is -2.27. The molecule has 1 atom stereocenters. The number of carbonyl (C=O) groups is 2. The lowest BCUT2D eigenvalue weighted by molar-refractivity contribution is -0.133. The molecule has 0 aliphatic rings. The highest BCUT2D eigenvalue weighted by atomic mass is 32.1. The highest BCUT2D eigenvalue weighted by molar-refractivity contribution is 7.07. The number of rotatable bonds is 6. The Morgan fingerprint density at radius 2 is 1.87 bits per heavy atom. The molecule has 5 heteroatoms. The van der Waals surface area contributed by atoms with Crippen molar-refractivity contribution in [1.82, 2.24) is 10.2 Å². The molecule has 0 spiro atoms. The Balaban J connectivity index is 2.05. The molecule has 23 heavy (non-hydrogen) atoms. The molecule has 4 nitrogen and oxygen atoms in total. The Kier molecular flexibility index (Phi) is 5.93. The van der Waals surface area contributed by atoms with Gasteiger partial charge in [0.15, 0.2) is 0 Å². The van der Waals surface area contributed by atoms with Crippen LogP contribution in [0.2, 0.25) is 0 Å². The van der Waals surface area contributed by atoms with Gasteiger partial charge in [-0.1, -0.05) is 32.0 Å². The second-order valence-corrected chi connectivity index (χ2v) is 6.67. The molecule has 1 N–H and O–H groups in total. The fourth-order valence-electron chi connectivity index (χ4n) is 2.30. The molecule has 1 aromatic heterocycles. The monoisotopic (exact) mass is 330 g/mol. The van der Waals surface area contributed by atoms with Gasteiger partial charge in [0.25, 0.3) is 5.91 Å². The SMILES string of the molecule is CC(C)C(NC(=O)c1ccccc1)C(=O)N(C)Cc1ccsc1. The molecule has 0 radical (unpaired) electrons. The highest BCUT2D eigenvalue weighted by Gasteiger charge is 2.27. The number of amides is 2. The third kappa shape index (κ3) is 4.66. The predicted octanol–water partition coefficient (Wildman–Crippen LogP) is 3.16. The molecular weight excluding hydrogens is 308 g/mol. The molecule has 0 fully saturated rings. The normalized spacial score (nSPS) is 12.0. The van der Waals surface area contributed by atoms with Gasteiger partial charge < -0.3 is 10.2 Å². The van der Waals surface area contributed by atoms with Crippen LogP contribution in [0.25, 0.3) is 0 Å². The summed E-state index contributed by atoms with van der Waals surface area (Å²) in [6.07, 6.45) is 0. The van der Waals surface area contributed by atoms with Crippen molar-refractivity contribution in [3.8, 4) is 0 Å². The minimum atomic E-state index is -0.536. The first-order chi connectivity index (χ1) is 11.0. The average Bonchev–Trinajstić information content (AvgIpc) is 3.05. The number of hydrogen-bond acceptors (Lipinski definition) is 3. The van der Waals surface area contributed by atoms with Crippen molar-refractivity contribution in [3.63, 3.8) is 0 Å². The topological polar surface area (TPSA) is 49.4 Å². The van der Waals surface area contributed by atoms with Gasteiger partial charge in [-0.2, -0.15) is 11.3 Å². The highest BCUT2D eigenvalue weighted by Crippen LogP contribution is 2.12. The van der Waals surface area contributed by atoms with Crippen molar-refractivity contribution in [3.05, 3.63) is 58.3 Å². The first-order valence-electron chi connectivity index (χ1n) is 7.61. The number of carbonyl (C=O) groups excluding carboxylic acids is 2. The van der Waals surface area contributed by atoms with Gasteiger partial charge >= 0.3 is 0 Å². The van der Waals surface area contributed by atoms with Crippen LogP contribution < -0.4 is 5.32 Å². The van der Waals surface area contributed by atoms with Crippen LogP contribution in [-0.2, 0) is 11.3 Å². The Morgan fingerprint density at radius 1 is 1.17 bits per heavy atom. The fraction of sp³-hybridized carbons (Fsp3) is 0.333. The number of hydrogen-bond donors (Lipinski definition) is 1. The Bertz CT molecular complexity index is 638. The third-order valence-corrected chi connectivity index (χ3v) is 4.36. The summed E-state index contributed by atoms with van der Waals surface area (Å²) in [5.74, 6) is -0.280. The molecule has 1 unspecified atom stereocenters. The van der Waals surface area contributed by atoms with Crippen molar-refractivity contribution in [2.24, 2.45) is 5.92 Å². The second-order valence-electron chi connectivity index (χ2n) is 5.89. The Hall–Kier alpha value is -2.14. The molecule has 2 rings (SSSR count). The number of likely N-dealkylation sites (N-methyl/N-ethyl adjacent to an activating group) is 1. The van der Waals surface area contributed by atoms with Gasteiger partial charge in [-0.3, -0.25) is 9.59 Å². The molecule has 0 bridgehead atoms. The van der Waals surface area contributed by atoms with E-state index in [4.69, 9.17) is 0 Å². The molecular formula is C18H22N2O2S. The summed E-state index contributed by atoms with van der Waals surface area (Å²) in [6.45, 7) is 4.42. The average molecular weight is 330 g/mol. The van der Waals surface area contributed by atoms with Crippen LogP contribution in [0.3, 0.4) is 0 Å². The van der Waals surface area contributed by atoms with Crippen LogP contribution in [0.15, 0.2) is 47.2 Å². The van der Waals surface area contributed by atoms with Crippen LogP contribution in [-0.4, -0.2) is 29.8 Å². The molecule has 0 aliphatic heterocycles. The summed E-state index contributed by atoms with van der Waals surface area (Å²) in [5.41, 5.74) is 1.66. The van der Waals surface area contributed by atoms with E-state index < -0.39 is 6.04 Å². The maximum absolute atomic E-state index is 12.7. The largest absolute Gasteiger partial charge is 0.340 e. The Labute approximate surface area is 141 Å². The second kappa shape index (κ2) is 7.92. The van der Waals surface area contributed by atoms with Crippen molar-refractivity contribution >= 4 is 23.2 Å². The van der Waals surface area contributed by atoms with Crippen LogP contribution >= 0.6 is 11.3 Å². The van der Waals surface area contributed by atoms with E-state index in [9.17, 15) is 9.59 Å².